The van der Waals surface area contributed by atoms with Crippen molar-refractivity contribution in [1.82, 2.24) is 19.3 Å². The van der Waals surface area contributed by atoms with Gasteiger partial charge in [0.25, 0.3) is 15.6 Å². The number of benzene rings is 1. The molecule has 9 nitrogen and oxygen atoms in total. The van der Waals surface area contributed by atoms with Crippen LogP contribution >= 0.6 is 34.7 Å². The van der Waals surface area contributed by atoms with Crippen molar-refractivity contribution in [2.24, 2.45) is 0 Å². The zero-order chi connectivity index (χ0) is 22.9. The van der Waals surface area contributed by atoms with Crippen molar-refractivity contribution in [2.75, 3.05) is 11.6 Å². The average Bonchev–Trinajstić information content (AvgIpc) is 3.21. The molecule has 0 saturated carbocycles. The third-order valence-electron chi connectivity index (χ3n) is 4.26. The molecule has 4 aromatic rings. The van der Waals surface area contributed by atoms with E-state index in [-0.39, 0.29) is 19.8 Å². The Balaban J connectivity index is 1.53. The van der Waals surface area contributed by atoms with E-state index < -0.39 is 16.1 Å². The van der Waals surface area contributed by atoms with Gasteiger partial charge in [0, 0.05) is 4.90 Å². The second-order valence-corrected chi connectivity index (χ2v) is 10.8. The number of rotatable bonds is 5. The predicted octanol–water partition coefficient (Wildman–Crippen LogP) is 3.73. The molecule has 2 N–H and O–H groups in total. The van der Waals surface area contributed by atoms with E-state index in [2.05, 4.69) is 15.3 Å². The number of hydrogen-bond donors (Lipinski definition) is 2. The van der Waals surface area contributed by atoms with Crippen molar-refractivity contribution in [3.05, 3.63) is 69.7 Å². The van der Waals surface area contributed by atoms with Crippen LogP contribution in [-0.4, -0.2) is 35.2 Å². The lowest BCUT2D eigenvalue weighted by molar-refractivity contribution is 0.256. The first kappa shape index (κ1) is 22.3. The van der Waals surface area contributed by atoms with Crippen molar-refractivity contribution in [3.63, 3.8) is 0 Å². The van der Waals surface area contributed by atoms with Gasteiger partial charge in [-0.15, -0.1) is 23.1 Å². The fourth-order valence-corrected chi connectivity index (χ4v) is 5.59. The third kappa shape index (κ3) is 4.63. The Labute approximate surface area is 195 Å². The molecule has 0 radical (unpaired) electrons. The zero-order valence-corrected chi connectivity index (χ0v) is 19.5. The number of thioether (sulfide) groups is 1. The Morgan fingerprint density at radius 1 is 1.16 bits per heavy atom. The number of nitrogens with zero attached hydrogens (tertiary/aromatic N) is 3. The van der Waals surface area contributed by atoms with Crippen LogP contribution < -0.4 is 15.6 Å². The van der Waals surface area contributed by atoms with Gasteiger partial charge in [0.1, 0.15) is 16.4 Å². The highest BCUT2D eigenvalue weighted by molar-refractivity contribution is 7.98. The van der Waals surface area contributed by atoms with Crippen molar-refractivity contribution < 1.29 is 13.2 Å². The fourth-order valence-electron chi connectivity index (χ4n) is 2.76. The van der Waals surface area contributed by atoms with Gasteiger partial charge in [0.05, 0.1) is 27.1 Å². The molecule has 0 aliphatic rings. The molecule has 3 heterocycles. The smallest absolute Gasteiger partial charge is 0.306 e. The summed E-state index contributed by atoms with van der Waals surface area (Å²) in [4.78, 5) is 34.4. The zero-order valence-electron chi connectivity index (χ0n) is 16.3. The molecular formula is C19H14ClN5O4S3. The van der Waals surface area contributed by atoms with Gasteiger partial charge in [-0.05, 0) is 48.7 Å². The lowest BCUT2D eigenvalue weighted by Crippen LogP contribution is -2.34. The number of pyridine rings is 1. The molecule has 0 aliphatic carbocycles. The molecule has 32 heavy (non-hydrogen) atoms. The highest BCUT2D eigenvalue weighted by atomic mass is 35.5. The number of carbonyl (C=O) groups excluding carboxylic acids is 1. The van der Waals surface area contributed by atoms with Crippen LogP contribution in [0, 0.1) is 0 Å². The Kier molecular flexibility index (Phi) is 6.20. The van der Waals surface area contributed by atoms with Gasteiger partial charge in [-0.25, -0.2) is 27.9 Å². The number of sulfonamides is 1. The maximum absolute atomic E-state index is 12.9. The summed E-state index contributed by atoms with van der Waals surface area (Å²) in [6, 6.07) is 10.2. The SMILES string of the molecule is CSc1ccc2ncn(-c3ccc(NC(=O)NS(=O)(=O)c4ccc(Cl)s4)cn3)c(=O)c2c1. The summed E-state index contributed by atoms with van der Waals surface area (Å²) < 4.78 is 27.8. The molecular weight excluding hydrogens is 494 g/mol. The van der Waals surface area contributed by atoms with Gasteiger partial charge in [-0.3, -0.25) is 9.36 Å². The Hall–Kier alpha value is -2.93. The normalized spacial score (nSPS) is 11.4. The summed E-state index contributed by atoms with van der Waals surface area (Å²) in [6.45, 7) is 0. The minimum absolute atomic E-state index is 0.0843. The number of carbonyl (C=O) groups is 1. The maximum atomic E-state index is 12.9. The molecule has 0 spiro atoms. The van der Waals surface area contributed by atoms with Crippen molar-refractivity contribution in [2.45, 2.75) is 9.10 Å². The quantitative estimate of drug-likeness (QED) is 0.394. The number of anilines is 1. The van der Waals surface area contributed by atoms with Crippen LogP contribution in [-0.2, 0) is 10.0 Å². The van der Waals surface area contributed by atoms with E-state index in [0.717, 1.165) is 16.2 Å². The molecule has 2 amide bonds. The number of thiophene rings is 1. The Morgan fingerprint density at radius 3 is 2.62 bits per heavy atom. The number of hydrogen-bond acceptors (Lipinski definition) is 8. The van der Waals surface area contributed by atoms with Crippen LogP contribution in [0.2, 0.25) is 4.34 Å². The Morgan fingerprint density at radius 2 is 1.97 bits per heavy atom. The van der Waals surface area contributed by atoms with Gasteiger partial charge >= 0.3 is 6.03 Å². The van der Waals surface area contributed by atoms with E-state index >= 15 is 0 Å². The van der Waals surface area contributed by atoms with E-state index in [9.17, 15) is 18.0 Å². The summed E-state index contributed by atoms with van der Waals surface area (Å²) in [5.41, 5.74) is 0.530. The minimum atomic E-state index is -4.05. The van der Waals surface area contributed by atoms with Crippen LogP contribution in [0.3, 0.4) is 0 Å². The molecule has 4 rings (SSSR count). The van der Waals surface area contributed by atoms with E-state index in [1.807, 2.05) is 17.0 Å². The highest BCUT2D eigenvalue weighted by Crippen LogP contribution is 2.25. The topological polar surface area (TPSA) is 123 Å². The molecule has 0 saturated heterocycles. The Bertz CT molecular complexity index is 1480. The summed E-state index contributed by atoms with van der Waals surface area (Å²) in [6.07, 6.45) is 4.60. The number of nitrogens with one attached hydrogen (secondary N) is 2. The lowest BCUT2D eigenvalue weighted by atomic mass is 10.2. The summed E-state index contributed by atoms with van der Waals surface area (Å²) >= 11 is 8.09. The molecule has 0 aliphatic heterocycles. The summed E-state index contributed by atoms with van der Waals surface area (Å²) in [5.74, 6) is 0.297. The summed E-state index contributed by atoms with van der Waals surface area (Å²) in [5, 5.41) is 2.85. The molecule has 0 bridgehead atoms. The number of halogens is 1. The van der Waals surface area contributed by atoms with Gasteiger partial charge in [-0.1, -0.05) is 11.6 Å². The average molecular weight is 508 g/mol. The standard InChI is InChI=1S/C19H14ClN5O4S3/c1-30-12-3-4-14-13(8-12)18(26)25(10-22-14)16-6-2-11(9-21-16)23-19(27)24-32(28,29)17-7-5-15(20)31-17/h2-10H,1H3,(H2,23,24,27). The third-order valence-corrected chi connectivity index (χ3v) is 8.04. The van der Waals surface area contributed by atoms with E-state index in [1.165, 1.54) is 53.1 Å². The largest absolute Gasteiger partial charge is 0.333 e. The van der Waals surface area contributed by atoms with Crippen LogP contribution in [0.25, 0.3) is 16.7 Å². The van der Waals surface area contributed by atoms with Gasteiger partial charge in [0.15, 0.2) is 0 Å². The monoisotopic (exact) mass is 507 g/mol. The lowest BCUT2D eigenvalue weighted by Gasteiger charge is -2.09. The number of amides is 2. The molecule has 164 valence electrons. The second kappa shape index (κ2) is 8.90. The van der Waals surface area contributed by atoms with Crippen LogP contribution in [0.4, 0.5) is 10.5 Å². The van der Waals surface area contributed by atoms with Crippen molar-refractivity contribution in [1.29, 1.82) is 0 Å². The fraction of sp³-hybridized carbons (Fsp3) is 0.0526. The van der Waals surface area contributed by atoms with Gasteiger partial charge in [-0.2, -0.15) is 0 Å². The van der Waals surface area contributed by atoms with Gasteiger partial charge in [0.2, 0.25) is 0 Å². The number of urea groups is 1. The first-order valence-electron chi connectivity index (χ1n) is 8.88. The number of fused-ring (bicyclic) bond motifs is 1. The van der Waals surface area contributed by atoms with Crippen molar-refractivity contribution in [3.8, 4) is 5.82 Å². The number of aromatic nitrogens is 3. The highest BCUT2D eigenvalue weighted by Gasteiger charge is 2.20. The molecule has 0 unspecified atom stereocenters. The van der Waals surface area contributed by atoms with E-state index in [0.29, 0.717) is 16.7 Å². The molecule has 13 heteroatoms. The minimum Gasteiger partial charge on any atom is -0.306 e. The summed E-state index contributed by atoms with van der Waals surface area (Å²) in [7, 11) is -4.05. The first-order valence-corrected chi connectivity index (χ1v) is 12.8. The molecule has 0 atom stereocenters. The molecule has 3 aromatic heterocycles. The van der Waals surface area contributed by atoms with E-state index in [4.69, 9.17) is 11.6 Å². The molecule has 1 aromatic carbocycles. The predicted molar refractivity (Wildman–Crippen MR) is 126 cm³/mol. The molecule has 0 fully saturated rings. The van der Waals surface area contributed by atoms with Crippen LogP contribution in [0.5, 0.6) is 0 Å². The van der Waals surface area contributed by atoms with Crippen LogP contribution in [0.1, 0.15) is 0 Å². The maximum Gasteiger partial charge on any atom is 0.333 e. The van der Waals surface area contributed by atoms with Crippen molar-refractivity contribution >= 4 is 67.3 Å². The van der Waals surface area contributed by atoms with Gasteiger partial charge < -0.3 is 5.32 Å². The first-order chi connectivity index (χ1) is 15.3. The van der Waals surface area contributed by atoms with Crippen LogP contribution in [0.15, 0.2) is 68.9 Å². The van der Waals surface area contributed by atoms with E-state index in [1.54, 1.807) is 12.1 Å². The second-order valence-electron chi connectivity index (χ2n) is 6.33.